The van der Waals surface area contributed by atoms with Crippen molar-refractivity contribution in [2.45, 2.75) is 18.0 Å². The van der Waals surface area contributed by atoms with Gasteiger partial charge in [-0.2, -0.15) is 0 Å². The minimum Gasteiger partial charge on any atom is -0.544 e. The molecule has 1 fully saturated rings. The van der Waals surface area contributed by atoms with Crippen LogP contribution in [0.15, 0.2) is 36.4 Å². The summed E-state index contributed by atoms with van der Waals surface area (Å²) in [5.74, 6) is -0.0674. The maximum atomic E-state index is 13.9. The van der Waals surface area contributed by atoms with Crippen molar-refractivity contribution >= 4 is 29.3 Å². The van der Waals surface area contributed by atoms with Gasteiger partial charge in [0.25, 0.3) is 0 Å². The molecule has 3 rings (SSSR count). The molecule has 1 aliphatic heterocycles. The molecule has 0 aliphatic carbocycles. The Bertz CT molecular complexity index is 800. The van der Waals surface area contributed by atoms with Gasteiger partial charge in [-0.1, -0.05) is 29.4 Å². The topological polar surface area (TPSA) is 75.2 Å². The highest BCUT2D eigenvalue weighted by Gasteiger charge is 2.31. The quantitative estimate of drug-likeness (QED) is 0.799. The molecule has 2 atom stereocenters. The van der Waals surface area contributed by atoms with Crippen LogP contribution in [0.3, 0.4) is 0 Å². The summed E-state index contributed by atoms with van der Waals surface area (Å²) in [4.78, 5) is 11.0. The summed E-state index contributed by atoms with van der Waals surface area (Å²) < 4.78 is 24.9. The van der Waals surface area contributed by atoms with Crippen LogP contribution in [0.2, 0.25) is 5.02 Å². The van der Waals surface area contributed by atoms with Crippen molar-refractivity contribution in [3.8, 4) is 11.5 Å². The van der Waals surface area contributed by atoms with Crippen LogP contribution in [-0.4, -0.2) is 24.9 Å². The average Bonchev–Trinajstić information content (AvgIpc) is 3.12. The average molecular weight is 398 g/mol. The molecule has 8 heteroatoms. The lowest BCUT2D eigenvalue weighted by atomic mass is 10.2. The van der Waals surface area contributed by atoms with Crippen LogP contribution in [0, 0.1) is 5.82 Å². The van der Waals surface area contributed by atoms with E-state index >= 15 is 0 Å². The van der Waals surface area contributed by atoms with Crippen molar-refractivity contribution < 1.29 is 29.1 Å². The van der Waals surface area contributed by atoms with Gasteiger partial charge in [0.05, 0.1) is 17.9 Å². The van der Waals surface area contributed by atoms with E-state index in [1.807, 2.05) is 6.07 Å². The SMILES string of the molecule is COc1cc(C2[NH2+]C(C(=O)[O-])CS2)ccc1OCc1c(F)cccc1Cl. The van der Waals surface area contributed by atoms with Gasteiger partial charge < -0.3 is 24.7 Å². The predicted molar refractivity (Wildman–Crippen MR) is 94.7 cm³/mol. The molecule has 5 nitrogen and oxygen atoms in total. The fourth-order valence-electron chi connectivity index (χ4n) is 2.68. The summed E-state index contributed by atoms with van der Waals surface area (Å²) in [5.41, 5.74) is 1.18. The summed E-state index contributed by atoms with van der Waals surface area (Å²) in [6, 6.07) is 9.26. The van der Waals surface area contributed by atoms with Crippen molar-refractivity contribution in [3.05, 3.63) is 58.4 Å². The van der Waals surface area contributed by atoms with Crippen LogP contribution in [0.4, 0.5) is 4.39 Å². The molecule has 0 bridgehead atoms. The van der Waals surface area contributed by atoms with Crippen LogP contribution in [0.25, 0.3) is 0 Å². The molecule has 0 aromatic heterocycles. The highest BCUT2D eigenvalue weighted by molar-refractivity contribution is 7.99. The van der Waals surface area contributed by atoms with Crippen LogP contribution < -0.4 is 19.9 Å². The number of halogens is 2. The summed E-state index contributed by atoms with van der Waals surface area (Å²) in [7, 11) is 1.51. The molecular weight excluding hydrogens is 381 g/mol. The number of hydrogen-bond donors (Lipinski definition) is 1. The van der Waals surface area contributed by atoms with Crippen molar-refractivity contribution in [1.82, 2.24) is 0 Å². The second kappa shape index (κ2) is 8.16. The van der Waals surface area contributed by atoms with E-state index in [1.165, 1.54) is 31.0 Å². The minimum atomic E-state index is -1.06. The predicted octanol–water partition coefficient (Wildman–Crippen LogP) is 1.49. The van der Waals surface area contributed by atoms with Gasteiger partial charge in [0.1, 0.15) is 24.4 Å². The Labute approximate surface area is 159 Å². The summed E-state index contributed by atoms with van der Waals surface area (Å²) >= 11 is 7.54. The zero-order valence-electron chi connectivity index (χ0n) is 13.9. The minimum absolute atomic E-state index is 0.0295. The molecule has 138 valence electrons. The molecule has 2 N–H and O–H groups in total. The molecule has 0 amide bonds. The van der Waals surface area contributed by atoms with E-state index in [-0.39, 0.29) is 17.5 Å². The van der Waals surface area contributed by atoms with Gasteiger partial charge in [0, 0.05) is 11.1 Å². The molecule has 0 spiro atoms. The number of thioether (sulfide) groups is 1. The second-order valence-electron chi connectivity index (χ2n) is 5.77. The van der Waals surface area contributed by atoms with E-state index in [2.05, 4.69) is 0 Å². The molecule has 1 aliphatic rings. The zero-order valence-corrected chi connectivity index (χ0v) is 15.5. The molecule has 0 saturated carbocycles. The van der Waals surface area contributed by atoms with E-state index in [1.54, 1.807) is 23.5 Å². The number of carbonyl (C=O) groups excluding carboxylic acids is 1. The molecule has 2 aromatic carbocycles. The molecular formula is C18H17ClFNO4S. The van der Waals surface area contributed by atoms with E-state index in [0.29, 0.717) is 22.3 Å². The Morgan fingerprint density at radius 3 is 2.85 bits per heavy atom. The van der Waals surface area contributed by atoms with Crippen molar-refractivity contribution in [1.29, 1.82) is 0 Å². The third-order valence-corrected chi connectivity index (χ3v) is 5.81. The standard InChI is InChI=1S/C18H17ClFNO4S/c1-24-16-7-10(17-21-14(9-26-17)18(22)23)5-6-15(16)25-8-11-12(19)3-2-4-13(11)20/h2-7,14,17,21H,8-9H2,1H3,(H,22,23). The van der Waals surface area contributed by atoms with E-state index < -0.39 is 17.8 Å². The number of rotatable bonds is 6. The van der Waals surface area contributed by atoms with Gasteiger partial charge in [-0.3, -0.25) is 0 Å². The first-order valence-electron chi connectivity index (χ1n) is 7.90. The number of quaternary nitrogens is 1. The van der Waals surface area contributed by atoms with Gasteiger partial charge in [-0.25, -0.2) is 4.39 Å². The lowest BCUT2D eigenvalue weighted by molar-refractivity contribution is -0.690. The van der Waals surface area contributed by atoms with Gasteiger partial charge in [0.15, 0.2) is 16.9 Å². The first-order chi connectivity index (χ1) is 12.5. The Kier molecular flexibility index (Phi) is 5.90. The lowest BCUT2D eigenvalue weighted by Gasteiger charge is -2.15. The maximum Gasteiger partial charge on any atom is 0.161 e. The summed E-state index contributed by atoms with van der Waals surface area (Å²) in [6.07, 6.45) is 0. The number of methoxy groups -OCH3 is 1. The number of carboxylic acids is 1. The van der Waals surface area contributed by atoms with Crippen molar-refractivity contribution in [3.63, 3.8) is 0 Å². The number of benzene rings is 2. The summed E-state index contributed by atoms with van der Waals surface area (Å²) in [5, 5.41) is 13.0. The number of hydrogen-bond acceptors (Lipinski definition) is 5. The molecule has 1 heterocycles. The van der Waals surface area contributed by atoms with Crippen molar-refractivity contribution in [2.75, 3.05) is 12.9 Å². The Morgan fingerprint density at radius 1 is 1.38 bits per heavy atom. The normalized spacial score (nSPS) is 19.3. The van der Waals surface area contributed by atoms with Gasteiger partial charge in [-0.05, 0) is 30.3 Å². The molecule has 0 radical (unpaired) electrons. The third kappa shape index (κ3) is 4.06. The van der Waals surface area contributed by atoms with Crippen LogP contribution >= 0.6 is 23.4 Å². The molecule has 1 saturated heterocycles. The smallest absolute Gasteiger partial charge is 0.161 e. The second-order valence-corrected chi connectivity index (χ2v) is 7.35. The van der Waals surface area contributed by atoms with Gasteiger partial charge in [-0.15, -0.1) is 0 Å². The first kappa shape index (κ1) is 18.8. The van der Waals surface area contributed by atoms with E-state index in [0.717, 1.165) is 5.56 Å². The van der Waals surface area contributed by atoms with Gasteiger partial charge >= 0.3 is 0 Å². The number of aliphatic carboxylic acids is 1. The number of ether oxygens (including phenoxy) is 2. The van der Waals surface area contributed by atoms with Gasteiger partial charge in [0.2, 0.25) is 0 Å². The van der Waals surface area contributed by atoms with Crippen LogP contribution in [-0.2, 0) is 11.4 Å². The maximum absolute atomic E-state index is 13.9. The Morgan fingerprint density at radius 2 is 2.19 bits per heavy atom. The molecule has 2 unspecified atom stereocenters. The van der Waals surface area contributed by atoms with Crippen LogP contribution in [0.1, 0.15) is 16.5 Å². The molecule has 26 heavy (non-hydrogen) atoms. The number of carbonyl (C=O) groups is 1. The lowest BCUT2D eigenvalue weighted by Crippen LogP contribution is -2.90. The third-order valence-electron chi connectivity index (χ3n) is 4.12. The first-order valence-corrected chi connectivity index (χ1v) is 9.33. The van der Waals surface area contributed by atoms with Crippen LogP contribution in [0.5, 0.6) is 11.5 Å². The summed E-state index contributed by atoms with van der Waals surface area (Å²) in [6.45, 7) is -0.0295. The fourth-order valence-corrected chi connectivity index (χ4v) is 4.20. The number of carboxylic acid groups (broad SMARTS) is 1. The van der Waals surface area contributed by atoms with E-state index in [4.69, 9.17) is 21.1 Å². The highest BCUT2D eigenvalue weighted by atomic mass is 35.5. The highest BCUT2D eigenvalue weighted by Crippen LogP contribution is 2.35. The molecule has 2 aromatic rings. The fraction of sp³-hybridized carbons (Fsp3) is 0.278. The monoisotopic (exact) mass is 397 g/mol. The Hall–Kier alpha value is -1.96. The Balaban J connectivity index is 1.74. The largest absolute Gasteiger partial charge is 0.544 e. The van der Waals surface area contributed by atoms with E-state index in [9.17, 15) is 14.3 Å². The zero-order chi connectivity index (χ0) is 18.7. The van der Waals surface area contributed by atoms with Crippen molar-refractivity contribution in [2.24, 2.45) is 0 Å². The number of nitrogens with two attached hydrogens (primary N) is 1.